The molecule has 10 nitrogen and oxygen atoms in total. The van der Waals surface area contributed by atoms with Crippen molar-refractivity contribution in [2.75, 3.05) is 17.8 Å². The van der Waals surface area contributed by atoms with Crippen molar-refractivity contribution in [2.45, 2.75) is 11.8 Å². The molecule has 0 atom stereocenters. The van der Waals surface area contributed by atoms with Gasteiger partial charge in [0, 0.05) is 23.6 Å². The number of benzene rings is 3. The van der Waals surface area contributed by atoms with Crippen LogP contribution in [0.15, 0.2) is 101 Å². The van der Waals surface area contributed by atoms with Gasteiger partial charge in [0.25, 0.3) is 0 Å². The van der Waals surface area contributed by atoms with Crippen LogP contribution in [-0.2, 0) is 10.0 Å². The molecule has 13 heteroatoms. The Bertz CT molecular complexity index is 1810. The molecule has 0 amide bonds. The van der Waals surface area contributed by atoms with Crippen molar-refractivity contribution >= 4 is 44.8 Å². The van der Waals surface area contributed by atoms with Gasteiger partial charge in [-0.1, -0.05) is 54.1 Å². The minimum atomic E-state index is -3.58. The highest BCUT2D eigenvalue weighted by Gasteiger charge is 2.22. The predicted octanol–water partition coefficient (Wildman–Crippen LogP) is 5.61. The number of para-hydroxylation sites is 1. The molecule has 0 aliphatic carbocycles. The minimum absolute atomic E-state index is 0.0670. The summed E-state index contributed by atoms with van der Waals surface area (Å²) in [5.74, 6) is 0.0188. The first kappa shape index (κ1) is 27.9. The summed E-state index contributed by atoms with van der Waals surface area (Å²) in [5, 5.41) is 11.9. The third kappa shape index (κ3) is 6.09. The molecule has 3 N–H and O–H groups in total. The van der Waals surface area contributed by atoms with Crippen LogP contribution in [0.3, 0.4) is 0 Å². The summed E-state index contributed by atoms with van der Waals surface area (Å²) in [5.41, 5.74) is 5.30. The fraction of sp³-hybridized carbons (Fsp3) is 0.0714. The van der Waals surface area contributed by atoms with Gasteiger partial charge in [0.05, 0.1) is 21.2 Å². The molecule has 41 heavy (non-hydrogen) atoms. The number of hydrogen-bond acceptors (Lipinski definition) is 8. The molecule has 3 aromatic carbocycles. The van der Waals surface area contributed by atoms with Gasteiger partial charge in [0.2, 0.25) is 16.0 Å². The average Bonchev–Trinajstić information content (AvgIpc) is 3.53. The molecule has 0 spiro atoms. The van der Waals surface area contributed by atoms with E-state index in [1.165, 1.54) is 29.9 Å². The van der Waals surface area contributed by atoms with E-state index in [1.807, 2.05) is 30.3 Å². The maximum absolute atomic E-state index is 15.4. The highest BCUT2D eigenvalue weighted by molar-refractivity contribution is 7.89. The molecular weight excluding hydrogens is 567 g/mol. The molecule has 208 valence electrons. The van der Waals surface area contributed by atoms with Crippen LogP contribution in [0.4, 0.5) is 21.8 Å². The van der Waals surface area contributed by atoms with Gasteiger partial charge in [-0.3, -0.25) is 5.43 Å². The second-order valence-corrected chi connectivity index (χ2v) is 11.0. The second-order valence-electron chi connectivity index (χ2n) is 8.68. The molecule has 0 bridgehead atoms. The van der Waals surface area contributed by atoms with Crippen LogP contribution in [0.1, 0.15) is 12.5 Å². The third-order valence-electron chi connectivity index (χ3n) is 6.04. The van der Waals surface area contributed by atoms with Crippen molar-refractivity contribution in [3.63, 3.8) is 0 Å². The van der Waals surface area contributed by atoms with Crippen molar-refractivity contribution in [3.8, 4) is 16.9 Å². The standard InChI is InChI=1S/C28H24ClFN8O2S/c1-18(19-12-14-21(15-13-19)41(39,40)31-2)36-37-26-24(22-10-6-11-23(29)25(22)30)27(38-17-7-16-32-38)35-28(34-26)33-20-8-4-3-5-9-20/h3-17,31H,1-2H3,(H2,33,34,35,37). The monoisotopic (exact) mass is 590 g/mol. The van der Waals surface area contributed by atoms with E-state index in [2.05, 4.69) is 35.6 Å². The van der Waals surface area contributed by atoms with Crippen LogP contribution in [0.5, 0.6) is 0 Å². The van der Waals surface area contributed by atoms with Gasteiger partial charge in [-0.2, -0.15) is 20.2 Å². The molecule has 2 heterocycles. The Morgan fingerprint density at radius 2 is 1.73 bits per heavy atom. The lowest BCUT2D eigenvalue weighted by molar-refractivity contribution is 0.588. The van der Waals surface area contributed by atoms with Gasteiger partial charge < -0.3 is 5.32 Å². The van der Waals surface area contributed by atoms with E-state index in [0.29, 0.717) is 11.3 Å². The SMILES string of the molecule is CNS(=O)(=O)c1ccc(C(C)=NNc2nc(Nc3ccccc3)nc(-n3cccn3)c2-c2cccc(Cl)c2F)cc1. The Balaban J connectivity index is 1.63. The number of aromatic nitrogens is 4. The first-order valence-corrected chi connectivity index (χ1v) is 14.2. The number of hydrazone groups is 1. The smallest absolute Gasteiger partial charge is 0.240 e. The molecule has 0 fully saturated rings. The molecule has 0 aliphatic heterocycles. The maximum Gasteiger partial charge on any atom is 0.240 e. The van der Waals surface area contributed by atoms with Crippen molar-refractivity contribution < 1.29 is 12.8 Å². The van der Waals surface area contributed by atoms with E-state index in [0.717, 1.165) is 5.69 Å². The Labute approximate surface area is 241 Å². The molecule has 0 aliphatic rings. The summed E-state index contributed by atoms with van der Waals surface area (Å²) in [6, 6.07) is 21.9. The van der Waals surface area contributed by atoms with Gasteiger partial charge in [0.1, 0.15) is 5.82 Å². The largest absolute Gasteiger partial charge is 0.324 e. The average molecular weight is 591 g/mol. The van der Waals surface area contributed by atoms with Crippen molar-refractivity contribution in [3.05, 3.63) is 108 Å². The van der Waals surface area contributed by atoms with E-state index in [9.17, 15) is 8.42 Å². The molecule has 2 aromatic heterocycles. The summed E-state index contributed by atoms with van der Waals surface area (Å²) in [6.07, 6.45) is 3.26. The predicted molar refractivity (Wildman–Crippen MR) is 158 cm³/mol. The molecular formula is C28H24ClFN8O2S. The lowest BCUT2D eigenvalue weighted by Crippen LogP contribution is -2.18. The summed E-state index contributed by atoms with van der Waals surface area (Å²) < 4.78 is 43.4. The van der Waals surface area contributed by atoms with Crippen LogP contribution >= 0.6 is 11.6 Å². The van der Waals surface area contributed by atoms with Gasteiger partial charge in [-0.25, -0.2) is 22.2 Å². The van der Waals surface area contributed by atoms with E-state index in [-0.39, 0.29) is 38.6 Å². The molecule has 0 radical (unpaired) electrons. The van der Waals surface area contributed by atoms with Gasteiger partial charge in [0.15, 0.2) is 11.6 Å². The van der Waals surface area contributed by atoms with Crippen LogP contribution in [-0.4, -0.2) is 40.9 Å². The first-order chi connectivity index (χ1) is 19.8. The third-order valence-corrected chi connectivity index (χ3v) is 7.76. The highest BCUT2D eigenvalue weighted by atomic mass is 35.5. The first-order valence-electron chi connectivity index (χ1n) is 12.3. The fourth-order valence-corrected chi connectivity index (χ4v) is 4.84. The maximum atomic E-state index is 15.4. The van der Waals surface area contributed by atoms with Crippen LogP contribution < -0.4 is 15.5 Å². The van der Waals surface area contributed by atoms with Crippen LogP contribution in [0.25, 0.3) is 16.9 Å². The number of anilines is 3. The summed E-state index contributed by atoms with van der Waals surface area (Å²) in [6.45, 7) is 1.74. The summed E-state index contributed by atoms with van der Waals surface area (Å²) in [4.78, 5) is 9.42. The lowest BCUT2D eigenvalue weighted by atomic mass is 10.1. The summed E-state index contributed by atoms with van der Waals surface area (Å²) in [7, 11) is -2.23. The number of halogens is 2. The van der Waals surface area contributed by atoms with Crippen molar-refractivity contribution in [1.82, 2.24) is 24.5 Å². The zero-order chi connectivity index (χ0) is 29.0. The summed E-state index contributed by atoms with van der Waals surface area (Å²) >= 11 is 6.15. The zero-order valence-corrected chi connectivity index (χ0v) is 23.4. The van der Waals surface area contributed by atoms with Crippen LogP contribution in [0, 0.1) is 5.82 Å². The van der Waals surface area contributed by atoms with Gasteiger partial charge in [-0.05, 0) is 55.9 Å². The Hall–Kier alpha value is -4.65. The normalized spacial score (nSPS) is 11.9. The molecule has 0 saturated carbocycles. The Morgan fingerprint density at radius 1 is 0.976 bits per heavy atom. The van der Waals surface area contributed by atoms with E-state index in [4.69, 9.17) is 11.6 Å². The highest BCUT2D eigenvalue weighted by Crippen LogP contribution is 2.37. The Morgan fingerprint density at radius 3 is 2.41 bits per heavy atom. The second kappa shape index (κ2) is 11.8. The lowest BCUT2D eigenvalue weighted by Gasteiger charge is -2.17. The van der Waals surface area contributed by atoms with Crippen molar-refractivity contribution in [1.29, 1.82) is 0 Å². The minimum Gasteiger partial charge on any atom is -0.324 e. The van der Waals surface area contributed by atoms with E-state index >= 15 is 4.39 Å². The topological polar surface area (TPSA) is 126 Å². The van der Waals surface area contributed by atoms with E-state index < -0.39 is 15.8 Å². The van der Waals surface area contributed by atoms with Crippen molar-refractivity contribution in [2.24, 2.45) is 5.10 Å². The van der Waals surface area contributed by atoms with Gasteiger partial charge in [-0.15, -0.1) is 0 Å². The molecule has 5 rings (SSSR count). The molecule has 5 aromatic rings. The van der Waals surface area contributed by atoms with E-state index in [1.54, 1.807) is 49.6 Å². The number of nitrogens with one attached hydrogen (secondary N) is 3. The zero-order valence-electron chi connectivity index (χ0n) is 21.9. The molecule has 0 saturated heterocycles. The fourth-order valence-electron chi connectivity index (χ4n) is 3.94. The number of sulfonamides is 1. The molecule has 0 unspecified atom stereocenters. The number of hydrogen-bond donors (Lipinski definition) is 3. The number of rotatable bonds is 9. The van der Waals surface area contributed by atoms with Crippen LogP contribution in [0.2, 0.25) is 5.02 Å². The number of nitrogens with zero attached hydrogens (tertiary/aromatic N) is 5. The quantitative estimate of drug-likeness (QED) is 0.150. The van der Waals surface area contributed by atoms with Gasteiger partial charge >= 0.3 is 0 Å². The Kier molecular flexibility index (Phi) is 8.06.